The van der Waals surface area contributed by atoms with Gasteiger partial charge in [0.1, 0.15) is 41.3 Å². The van der Waals surface area contributed by atoms with Gasteiger partial charge in [-0.3, -0.25) is 24.0 Å². The standard InChI is InChI=1S/C19H19N5O2S.C18H13F3N4OS.C17H13ClN4OS.C17H11F3N4O2S.C17H9F3N4OS/c1-11(2)9-26-14-5-4-12(8-21-14)13-10-27-16-15(13)22-17(23-19(16)25)18-20-6-7-24(18)3;1-9-12(10-4-3-5-11(8-10)18(19,20)21)13-14(27-9)17(26)24-15(23-13)16-22-6-7-25(16)2;1-9-12(10-5-3-4-6-11(10)18)13-14(24-9)17(23)21-15(20-13)16-19-7-8-22(16)2;1-24-6-5-21-15(24)14-22-12-11(8-27-13(12)16(25)23-14)9-3-2-4-10(7-9)26-17(18,19)20;18-17(19,20)10-3-1-2-9(6-10)11-7-26-14-13(11)23-15(24-16(14)25)12-4-5-21-8-22-12/h4-8,10-11H,9H2,1-3H3,(H,22,23,25);3-8H,1-2H3,(H,23,24,26);3-8H,1-2H3,(H,20,21,23);2-8H,1H3,(H,22,23,25);1-8H,(H,23,24,25). The van der Waals surface area contributed by atoms with Crippen molar-refractivity contribution >= 4 is 119 Å². The SMILES string of the molecule is CC(C)COc1ccc(-c2csc3c(=O)[nH]c(-c4nccn4C)nc23)cn1.Cc1sc2c(=O)[nH]c(-c3nccn3C)nc2c1-c1cccc(C(F)(F)F)c1.Cc1sc2c(=O)[nH]c(-c3nccn3C)nc2c1-c1ccccc1Cl.Cn1ccnc1-c1nc2c(-c3cccc(OC(F)(F)F)c3)csc2c(=O)[nH]1.O=c1[nH]c(-c2ccncn2)nc2c(-c3cccc(C(F)(F)F)c3)csc12. The van der Waals surface area contributed by atoms with E-state index < -0.39 is 29.8 Å². The third-order valence-corrected chi connectivity index (χ3v) is 25.2. The van der Waals surface area contributed by atoms with Gasteiger partial charge in [0.25, 0.3) is 27.8 Å². The molecular formula is C88H65ClF9N21O7S5. The highest BCUT2D eigenvalue weighted by molar-refractivity contribution is 7.20. The molecule has 20 aromatic rings. The van der Waals surface area contributed by atoms with Gasteiger partial charge in [0.05, 0.1) is 45.3 Å². The molecule has 4 aromatic carbocycles. The van der Waals surface area contributed by atoms with Crippen LogP contribution in [0.3, 0.4) is 0 Å². The predicted octanol–water partition coefficient (Wildman–Crippen LogP) is 20.0. The van der Waals surface area contributed by atoms with Crippen molar-refractivity contribution in [2.45, 2.75) is 46.4 Å². The van der Waals surface area contributed by atoms with Crippen LogP contribution < -0.4 is 37.3 Å². The molecule has 0 spiro atoms. The molecule has 0 saturated heterocycles. The zero-order valence-electron chi connectivity index (χ0n) is 69.2. The van der Waals surface area contributed by atoms with Crippen molar-refractivity contribution in [1.29, 1.82) is 0 Å². The summed E-state index contributed by atoms with van der Waals surface area (Å²) in [5, 5.41) is 5.88. The molecular weight excluding hydrogens is 1830 g/mol. The van der Waals surface area contributed by atoms with E-state index in [2.05, 4.69) is 98.3 Å². The zero-order valence-corrected chi connectivity index (χ0v) is 74.0. The number of ether oxygens (including phenoxy) is 2. The maximum absolute atomic E-state index is 13.1. The van der Waals surface area contributed by atoms with Crippen LogP contribution in [0.1, 0.15) is 34.7 Å². The molecule has 0 bridgehead atoms. The summed E-state index contributed by atoms with van der Waals surface area (Å²) in [6.45, 7) is 8.55. The Labute approximate surface area is 756 Å². The van der Waals surface area contributed by atoms with Gasteiger partial charge in [-0.15, -0.1) is 69.9 Å². The van der Waals surface area contributed by atoms with Gasteiger partial charge < -0.3 is 52.7 Å². The van der Waals surface area contributed by atoms with E-state index in [-0.39, 0.29) is 51.0 Å². The van der Waals surface area contributed by atoms with Gasteiger partial charge in [-0.2, -0.15) is 26.3 Å². The van der Waals surface area contributed by atoms with E-state index >= 15 is 0 Å². The van der Waals surface area contributed by atoms with Gasteiger partial charge in [-0.05, 0) is 91.1 Å². The van der Waals surface area contributed by atoms with E-state index in [4.69, 9.17) is 21.3 Å². The number of benzene rings is 4. The highest BCUT2D eigenvalue weighted by atomic mass is 35.5. The van der Waals surface area contributed by atoms with E-state index in [1.165, 1.54) is 88.2 Å². The molecule has 5 N–H and O–H groups in total. The van der Waals surface area contributed by atoms with Crippen molar-refractivity contribution in [2.75, 3.05) is 6.61 Å². The molecule has 0 aliphatic heterocycles. The van der Waals surface area contributed by atoms with Crippen LogP contribution in [0, 0.1) is 19.8 Å². The first kappa shape index (κ1) is 89.8. The zero-order chi connectivity index (χ0) is 92.6. The number of rotatable bonds is 14. The second-order valence-electron chi connectivity index (χ2n) is 29.3. The van der Waals surface area contributed by atoms with Crippen LogP contribution in [0.15, 0.2) is 224 Å². The van der Waals surface area contributed by atoms with E-state index in [0.717, 1.165) is 67.6 Å². The Kier molecular flexibility index (Phi) is 25.3. The first-order chi connectivity index (χ1) is 62.6. The number of aryl methyl sites for hydroxylation is 6. The smallest absolute Gasteiger partial charge is 0.477 e. The van der Waals surface area contributed by atoms with Crippen LogP contribution in [0.2, 0.25) is 5.02 Å². The molecule has 0 atom stereocenters. The lowest BCUT2D eigenvalue weighted by Crippen LogP contribution is -2.17. The first-order valence-corrected chi connectivity index (χ1v) is 43.6. The highest BCUT2D eigenvalue weighted by Crippen LogP contribution is 2.44. The summed E-state index contributed by atoms with van der Waals surface area (Å²) in [4.78, 5) is 130. The van der Waals surface area contributed by atoms with Crippen molar-refractivity contribution in [3.63, 3.8) is 0 Å². The number of nitrogens with zero attached hydrogens (tertiary/aromatic N) is 16. The number of nitrogens with one attached hydrogen (secondary N) is 5. The Hall–Kier alpha value is -14.6. The monoisotopic (exact) mass is 1890 g/mol. The van der Waals surface area contributed by atoms with Gasteiger partial charge in [0, 0.05) is 166 Å². The van der Waals surface area contributed by atoms with Crippen molar-refractivity contribution in [2.24, 2.45) is 34.1 Å². The molecule has 664 valence electrons. The van der Waals surface area contributed by atoms with Crippen LogP contribution in [-0.2, 0) is 40.5 Å². The largest absolute Gasteiger partial charge is 0.573 e. The van der Waals surface area contributed by atoms with Crippen LogP contribution in [0.5, 0.6) is 11.6 Å². The van der Waals surface area contributed by atoms with Crippen molar-refractivity contribution in [1.82, 2.24) is 103 Å². The van der Waals surface area contributed by atoms with Crippen molar-refractivity contribution in [3.8, 4) is 125 Å². The van der Waals surface area contributed by atoms with Gasteiger partial charge >= 0.3 is 18.7 Å². The first-order valence-electron chi connectivity index (χ1n) is 38.9. The van der Waals surface area contributed by atoms with Crippen LogP contribution in [-0.4, -0.2) is 116 Å². The minimum Gasteiger partial charge on any atom is -0.477 e. The molecule has 0 amide bonds. The Bertz CT molecular complexity index is 7990. The average molecular weight is 1900 g/mol. The quantitative estimate of drug-likeness (QED) is 0.0631. The highest BCUT2D eigenvalue weighted by Gasteiger charge is 2.34. The second kappa shape index (κ2) is 36.9. The maximum atomic E-state index is 13.1. The molecule has 131 heavy (non-hydrogen) atoms. The number of thiophene rings is 5. The second-order valence-corrected chi connectivity index (χ2v) is 34.8. The Morgan fingerprint density at radius 2 is 0.832 bits per heavy atom. The number of imidazole rings is 4. The van der Waals surface area contributed by atoms with Crippen LogP contribution in [0.4, 0.5) is 39.5 Å². The molecule has 0 saturated carbocycles. The van der Waals surface area contributed by atoms with Crippen LogP contribution >= 0.6 is 68.3 Å². The number of halogens is 10. The maximum Gasteiger partial charge on any atom is 0.573 e. The number of alkyl halides is 9. The summed E-state index contributed by atoms with van der Waals surface area (Å²) >= 11 is 12.7. The lowest BCUT2D eigenvalue weighted by Gasteiger charge is -2.09. The van der Waals surface area contributed by atoms with E-state index in [9.17, 15) is 63.5 Å². The molecule has 16 heterocycles. The fourth-order valence-corrected chi connectivity index (χ4v) is 18.7. The number of H-pyrrole nitrogens is 5. The number of aromatic amines is 5. The summed E-state index contributed by atoms with van der Waals surface area (Å²) in [6, 6.07) is 28.5. The predicted molar refractivity (Wildman–Crippen MR) is 488 cm³/mol. The summed E-state index contributed by atoms with van der Waals surface area (Å²) in [7, 11) is 7.25. The van der Waals surface area contributed by atoms with Crippen molar-refractivity contribution < 1.29 is 49.0 Å². The molecule has 20 rings (SSSR count). The molecule has 0 aliphatic rings. The number of aromatic nitrogens is 21. The minimum atomic E-state index is -4.78. The number of fused-ring (bicyclic) bond motifs is 5. The van der Waals surface area contributed by atoms with Gasteiger partial charge in [-0.1, -0.05) is 80.0 Å². The summed E-state index contributed by atoms with van der Waals surface area (Å²) in [6.07, 6.45) is 4.46. The van der Waals surface area contributed by atoms with E-state index in [1.807, 2.05) is 84.3 Å². The third-order valence-electron chi connectivity index (χ3n) is 19.8. The number of hydrogen-bond acceptors (Lipinski definition) is 24. The van der Waals surface area contributed by atoms with Gasteiger partial charge in [-0.25, -0.2) is 59.8 Å². The fraction of sp³-hybridized carbons (Fsp3) is 0.148. The molecule has 0 aliphatic carbocycles. The average Bonchev–Trinajstić information content (AvgIpc) is 1.61. The Morgan fingerprint density at radius 1 is 0.420 bits per heavy atom. The molecule has 0 unspecified atom stereocenters. The molecule has 0 fully saturated rings. The number of pyridine rings is 1. The minimum absolute atomic E-state index is 0.163. The molecule has 16 aromatic heterocycles. The number of hydrogen-bond donors (Lipinski definition) is 5. The topological polar surface area (TPSA) is 357 Å². The van der Waals surface area contributed by atoms with E-state index in [1.54, 1.807) is 109 Å². The lowest BCUT2D eigenvalue weighted by molar-refractivity contribution is -0.274. The van der Waals surface area contributed by atoms with Crippen molar-refractivity contribution in [3.05, 3.63) is 277 Å². The lowest BCUT2D eigenvalue weighted by atomic mass is 10.0. The fourth-order valence-electron chi connectivity index (χ4n) is 13.7. The molecule has 28 nitrogen and oxygen atoms in total. The third kappa shape index (κ3) is 19.3. The molecule has 0 radical (unpaired) electrons. The van der Waals surface area contributed by atoms with Crippen LogP contribution in [0.25, 0.3) is 165 Å². The normalized spacial score (nSPS) is 11.7. The van der Waals surface area contributed by atoms with Gasteiger partial charge in [0.2, 0.25) is 5.88 Å². The summed E-state index contributed by atoms with van der Waals surface area (Å²) < 4.78 is 135. The Morgan fingerprint density at radius 3 is 1.26 bits per heavy atom. The van der Waals surface area contributed by atoms with Gasteiger partial charge in [0.15, 0.2) is 52.4 Å². The molecule has 43 heteroatoms. The Balaban J connectivity index is 0.000000120. The summed E-state index contributed by atoms with van der Waals surface area (Å²) in [5.41, 5.74) is 6.24. The summed E-state index contributed by atoms with van der Waals surface area (Å²) in [5.74, 6) is 4.53. The van der Waals surface area contributed by atoms with E-state index in [0.29, 0.717) is 149 Å².